The van der Waals surface area contributed by atoms with Crippen LogP contribution >= 0.6 is 11.6 Å². The maximum atomic E-state index is 5.85. The topological polar surface area (TPSA) is 60.4 Å². The lowest BCUT2D eigenvalue weighted by atomic mass is 10.3. The third kappa shape index (κ3) is 4.46. The summed E-state index contributed by atoms with van der Waals surface area (Å²) in [5, 5.41) is 0.0894. The molecule has 21 heavy (non-hydrogen) atoms. The first-order valence-electron chi connectivity index (χ1n) is 6.58. The lowest BCUT2D eigenvalue weighted by Gasteiger charge is -2.11. The van der Waals surface area contributed by atoms with Crippen LogP contribution in [0.2, 0.25) is 5.28 Å². The van der Waals surface area contributed by atoms with Crippen molar-refractivity contribution >= 4 is 17.5 Å². The molecule has 0 N–H and O–H groups in total. The highest BCUT2D eigenvalue weighted by atomic mass is 35.5. The summed E-state index contributed by atoms with van der Waals surface area (Å²) >= 11 is 5.85. The minimum absolute atomic E-state index is 0.0894. The Kier molecular flexibility index (Phi) is 5.16. The second-order valence-electron chi connectivity index (χ2n) is 4.50. The van der Waals surface area contributed by atoms with E-state index >= 15 is 0 Å². The van der Waals surface area contributed by atoms with E-state index in [-0.39, 0.29) is 11.3 Å². The average molecular weight is 309 g/mol. The van der Waals surface area contributed by atoms with Gasteiger partial charge in [-0.1, -0.05) is 6.92 Å². The summed E-state index contributed by atoms with van der Waals surface area (Å²) in [7, 11) is 3.63. The fraction of sp³-hybridized carbons (Fsp3) is 0.357. The lowest BCUT2D eigenvalue weighted by Crippen LogP contribution is -2.13. The van der Waals surface area contributed by atoms with E-state index in [9.17, 15) is 0 Å². The quantitative estimate of drug-likeness (QED) is 0.817. The maximum Gasteiger partial charge on any atom is 0.328 e. The van der Waals surface area contributed by atoms with Crippen molar-refractivity contribution in [1.82, 2.24) is 15.0 Å². The highest BCUT2D eigenvalue weighted by Crippen LogP contribution is 2.23. The van der Waals surface area contributed by atoms with E-state index in [1.807, 2.05) is 26.2 Å². The van der Waals surface area contributed by atoms with Crippen LogP contribution in [0.4, 0.5) is 5.95 Å². The molecule has 6 nitrogen and oxygen atoms in total. The standard InChI is InChI=1S/C14H17ClN4O2/c1-4-9-20-10-5-7-11(8-6-10)21-14-17-12(15)16-13(18-14)19(2)3/h5-8H,4,9H2,1-3H3. The molecule has 0 unspecified atom stereocenters. The van der Waals surface area contributed by atoms with Crippen molar-refractivity contribution in [1.29, 1.82) is 0 Å². The number of rotatable bonds is 6. The van der Waals surface area contributed by atoms with Crippen LogP contribution in [0.5, 0.6) is 17.5 Å². The van der Waals surface area contributed by atoms with Crippen LogP contribution in [0.25, 0.3) is 0 Å². The zero-order valence-corrected chi connectivity index (χ0v) is 13.0. The van der Waals surface area contributed by atoms with Gasteiger partial charge in [-0.15, -0.1) is 0 Å². The van der Waals surface area contributed by atoms with Gasteiger partial charge in [-0.05, 0) is 42.3 Å². The molecule has 2 aromatic rings. The molecule has 0 spiro atoms. The van der Waals surface area contributed by atoms with Crippen molar-refractivity contribution < 1.29 is 9.47 Å². The normalized spacial score (nSPS) is 10.3. The zero-order valence-electron chi connectivity index (χ0n) is 12.2. The van der Waals surface area contributed by atoms with Crippen molar-refractivity contribution in [2.75, 3.05) is 25.6 Å². The predicted octanol–water partition coefficient (Wildman–Crippen LogP) is 3.17. The van der Waals surface area contributed by atoms with Gasteiger partial charge in [-0.3, -0.25) is 0 Å². The van der Waals surface area contributed by atoms with Crippen molar-refractivity contribution in [2.24, 2.45) is 0 Å². The third-order valence-corrected chi connectivity index (χ3v) is 2.65. The number of benzene rings is 1. The Labute approximate surface area is 128 Å². The van der Waals surface area contributed by atoms with E-state index in [4.69, 9.17) is 21.1 Å². The fourth-order valence-corrected chi connectivity index (χ4v) is 1.64. The lowest BCUT2D eigenvalue weighted by molar-refractivity contribution is 0.317. The van der Waals surface area contributed by atoms with Gasteiger partial charge in [0, 0.05) is 14.1 Å². The average Bonchev–Trinajstić information content (AvgIpc) is 2.46. The monoisotopic (exact) mass is 308 g/mol. The molecule has 0 amide bonds. The van der Waals surface area contributed by atoms with Crippen LogP contribution in [0, 0.1) is 0 Å². The minimum atomic E-state index is 0.0894. The van der Waals surface area contributed by atoms with Gasteiger partial charge < -0.3 is 14.4 Å². The van der Waals surface area contributed by atoms with Gasteiger partial charge in [0.2, 0.25) is 11.2 Å². The summed E-state index contributed by atoms with van der Waals surface area (Å²) in [5.74, 6) is 1.84. The van der Waals surface area contributed by atoms with Crippen LogP contribution in [-0.4, -0.2) is 35.7 Å². The molecular weight excluding hydrogens is 292 g/mol. The van der Waals surface area contributed by atoms with Crippen molar-refractivity contribution in [3.05, 3.63) is 29.5 Å². The Hall–Kier alpha value is -2.08. The largest absolute Gasteiger partial charge is 0.494 e. The maximum absolute atomic E-state index is 5.85. The van der Waals surface area contributed by atoms with Crippen LogP contribution < -0.4 is 14.4 Å². The molecule has 0 bridgehead atoms. The number of nitrogens with zero attached hydrogens (tertiary/aromatic N) is 4. The SMILES string of the molecule is CCCOc1ccc(Oc2nc(Cl)nc(N(C)C)n2)cc1. The van der Waals surface area contributed by atoms with Gasteiger partial charge in [0.1, 0.15) is 11.5 Å². The summed E-state index contributed by atoms with van der Waals surface area (Å²) in [6.45, 7) is 2.75. The molecule has 7 heteroatoms. The summed E-state index contributed by atoms with van der Waals surface area (Å²) < 4.78 is 11.1. The van der Waals surface area contributed by atoms with Crippen LogP contribution in [-0.2, 0) is 0 Å². The smallest absolute Gasteiger partial charge is 0.328 e. The Morgan fingerprint density at radius 3 is 2.33 bits per heavy atom. The van der Waals surface area contributed by atoms with Gasteiger partial charge in [0.25, 0.3) is 0 Å². The van der Waals surface area contributed by atoms with Gasteiger partial charge in [0.15, 0.2) is 0 Å². The molecule has 2 rings (SSSR count). The molecule has 0 atom stereocenters. The zero-order chi connectivity index (χ0) is 15.2. The molecule has 0 aliphatic heterocycles. The second kappa shape index (κ2) is 7.08. The van der Waals surface area contributed by atoms with Gasteiger partial charge in [-0.2, -0.15) is 15.0 Å². The molecule has 0 aliphatic rings. The van der Waals surface area contributed by atoms with E-state index in [1.54, 1.807) is 17.0 Å². The summed E-state index contributed by atoms with van der Waals surface area (Å²) in [6, 6.07) is 7.40. The Bertz CT molecular complexity index is 590. The molecule has 1 aromatic heterocycles. The van der Waals surface area contributed by atoms with Crippen LogP contribution in [0.1, 0.15) is 13.3 Å². The number of ether oxygens (including phenoxy) is 2. The van der Waals surface area contributed by atoms with Crippen molar-refractivity contribution in [3.63, 3.8) is 0 Å². The summed E-state index contributed by atoms with van der Waals surface area (Å²) in [6.07, 6.45) is 0.967. The first-order chi connectivity index (χ1) is 10.1. The number of anilines is 1. The molecule has 0 radical (unpaired) electrons. The highest BCUT2D eigenvalue weighted by molar-refractivity contribution is 6.28. The first kappa shape index (κ1) is 15.3. The molecule has 112 valence electrons. The van der Waals surface area contributed by atoms with Gasteiger partial charge in [-0.25, -0.2) is 0 Å². The predicted molar refractivity (Wildman–Crippen MR) is 81.5 cm³/mol. The number of halogens is 1. The molecule has 1 aromatic carbocycles. The summed E-state index contributed by atoms with van der Waals surface area (Å²) in [5.41, 5.74) is 0. The van der Waals surface area contributed by atoms with E-state index < -0.39 is 0 Å². The molecule has 1 heterocycles. The Morgan fingerprint density at radius 2 is 1.71 bits per heavy atom. The van der Waals surface area contributed by atoms with E-state index in [2.05, 4.69) is 21.9 Å². The van der Waals surface area contributed by atoms with Gasteiger partial charge >= 0.3 is 6.01 Å². The van der Waals surface area contributed by atoms with Crippen molar-refractivity contribution in [3.8, 4) is 17.5 Å². The Balaban J connectivity index is 2.10. The molecule has 0 saturated heterocycles. The number of aromatic nitrogens is 3. The van der Waals surface area contributed by atoms with E-state index in [0.29, 0.717) is 18.3 Å². The third-order valence-electron chi connectivity index (χ3n) is 2.48. The summed E-state index contributed by atoms with van der Waals surface area (Å²) in [4.78, 5) is 13.8. The Morgan fingerprint density at radius 1 is 1.05 bits per heavy atom. The fourth-order valence-electron chi connectivity index (χ4n) is 1.50. The highest BCUT2D eigenvalue weighted by Gasteiger charge is 2.08. The van der Waals surface area contributed by atoms with Crippen LogP contribution in [0.3, 0.4) is 0 Å². The minimum Gasteiger partial charge on any atom is -0.494 e. The molecule has 0 aliphatic carbocycles. The van der Waals surface area contributed by atoms with Crippen LogP contribution in [0.15, 0.2) is 24.3 Å². The molecule has 0 saturated carbocycles. The van der Waals surface area contributed by atoms with Crippen molar-refractivity contribution in [2.45, 2.75) is 13.3 Å². The van der Waals surface area contributed by atoms with E-state index in [1.165, 1.54) is 0 Å². The van der Waals surface area contributed by atoms with Gasteiger partial charge in [0.05, 0.1) is 6.61 Å². The number of hydrogen-bond acceptors (Lipinski definition) is 6. The number of hydrogen-bond donors (Lipinski definition) is 0. The molecular formula is C14H17ClN4O2. The molecule has 0 fully saturated rings. The second-order valence-corrected chi connectivity index (χ2v) is 4.84. The first-order valence-corrected chi connectivity index (χ1v) is 6.96. The van der Waals surface area contributed by atoms with E-state index in [0.717, 1.165) is 12.2 Å².